The van der Waals surface area contributed by atoms with Crippen molar-refractivity contribution in [1.82, 2.24) is 10.6 Å². The summed E-state index contributed by atoms with van der Waals surface area (Å²) in [4.78, 5) is 37.4. The van der Waals surface area contributed by atoms with Gasteiger partial charge in [0.2, 0.25) is 0 Å². The second-order valence-electron chi connectivity index (χ2n) is 6.22. The molecule has 28 heavy (non-hydrogen) atoms. The Labute approximate surface area is 162 Å². The summed E-state index contributed by atoms with van der Waals surface area (Å²) in [6.07, 6.45) is 0. The molecule has 1 aliphatic rings. The average Bonchev–Trinajstić information content (AvgIpc) is 2.72. The summed E-state index contributed by atoms with van der Waals surface area (Å²) in [6.45, 7) is 1.59. The van der Waals surface area contributed by atoms with Crippen LogP contribution >= 0.6 is 0 Å². The fourth-order valence-electron chi connectivity index (χ4n) is 2.88. The summed E-state index contributed by atoms with van der Waals surface area (Å²) in [6, 6.07) is 13.9. The molecule has 1 atom stereocenters. The third-order valence-corrected chi connectivity index (χ3v) is 4.34. The van der Waals surface area contributed by atoms with Gasteiger partial charge in [-0.15, -0.1) is 0 Å². The van der Waals surface area contributed by atoms with Gasteiger partial charge >= 0.3 is 12.0 Å². The van der Waals surface area contributed by atoms with Gasteiger partial charge in [-0.2, -0.15) is 0 Å². The minimum Gasteiger partial charge on any atom is -0.497 e. The molecule has 1 aliphatic heterocycles. The zero-order valence-corrected chi connectivity index (χ0v) is 15.5. The van der Waals surface area contributed by atoms with Crippen LogP contribution in [-0.4, -0.2) is 30.9 Å². The minimum atomic E-state index is -1.11. The van der Waals surface area contributed by atoms with Crippen LogP contribution in [0, 0.1) is 0 Å². The molecule has 7 heteroatoms. The molecule has 0 aromatic heterocycles. The lowest BCUT2D eigenvalue weighted by atomic mass is 9.94. The van der Waals surface area contributed by atoms with Crippen molar-refractivity contribution in [2.24, 2.45) is 0 Å². The van der Waals surface area contributed by atoms with E-state index in [1.165, 1.54) is 0 Å². The van der Waals surface area contributed by atoms with Gasteiger partial charge in [0.15, 0.2) is 5.78 Å². The number of ether oxygens (including phenoxy) is 2. The maximum absolute atomic E-state index is 12.9. The molecule has 1 heterocycles. The molecule has 0 aliphatic carbocycles. The normalized spacial score (nSPS) is 16.1. The van der Waals surface area contributed by atoms with E-state index in [0.717, 1.165) is 5.56 Å². The fourth-order valence-corrected chi connectivity index (χ4v) is 2.88. The number of carbonyl (C=O) groups excluding carboxylic acids is 3. The first-order chi connectivity index (χ1) is 13.5. The monoisotopic (exact) mass is 380 g/mol. The number of methoxy groups -OCH3 is 1. The van der Waals surface area contributed by atoms with Gasteiger partial charge in [0.1, 0.15) is 18.4 Å². The number of hydrogen-bond acceptors (Lipinski definition) is 5. The molecule has 0 spiro atoms. The number of allylic oxidation sites excluding steroid dienone is 1. The van der Waals surface area contributed by atoms with Crippen LogP contribution in [-0.2, 0) is 16.1 Å². The van der Waals surface area contributed by atoms with Crippen LogP contribution in [0.4, 0.5) is 4.79 Å². The summed E-state index contributed by atoms with van der Waals surface area (Å²) in [5.41, 5.74) is 1.54. The van der Waals surface area contributed by atoms with Crippen molar-refractivity contribution < 1.29 is 23.9 Å². The number of esters is 1. The van der Waals surface area contributed by atoms with Crippen LogP contribution in [0.25, 0.3) is 0 Å². The van der Waals surface area contributed by atoms with Crippen LogP contribution in [0.5, 0.6) is 5.75 Å². The molecule has 2 amide bonds. The lowest BCUT2D eigenvalue weighted by Crippen LogP contribution is -2.53. The first kappa shape index (κ1) is 19.2. The van der Waals surface area contributed by atoms with Gasteiger partial charge in [-0.1, -0.05) is 42.5 Å². The Hall–Kier alpha value is -3.61. The van der Waals surface area contributed by atoms with Gasteiger partial charge in [-0.3, -0.25) is 4.79 Å². The molecule has 2 N–H and O–H groups in total. The van der Waals surface area contributed by atoms with Crippen molar-refractivity contribution in [3.63, 3.8) is 0 Å². The van der Waals surface area contributed by atoms with E-state index in [1.54, 1.807) is 68.6 Å². The number of rotatable bonds is 6. The number of benzene rings is 2. The van der Waals surface area contributed by atoms with Crippen molar-refractivity contribution in [1.29, 1.82) is 0 Å². The number of Topliss-reactive ketones (excluding diaryl/α,β-unsaturated/α-hetero) is 1. The number of ketones is 1. The van der Waals surface area contributed by atoms with Gasteiger partial charge in [0.05, 0.1) is 12.7 Å². The lowest BCUT2D eigenvalue weighted by Gasteiger charge is -2.26. The van der Waals surface area contributed by atoms with E-state index in [-0.39, 0.29) is 23.7 Å². The first-order valence-electron chi connectivity index (χ1n) is 8.67. The van der Waals surface area contributed by atoms with Crippen molar-refractivity contribution in [3.05, 3.63) is 77.0 Å². The predicted octanol–water partition coefficient (Wildman–Crippen LogP) is 2.58. The number of hydrogen-bond donors (Lipinski definition) is 2. The van der Waals surface area contributed by atoms with E-state index in [9.17, 15) is 14.4 Å². The average molecular weight is 380 g/mol. The SMILES string of the molecule is COc1ccc(COC(=O)C2=C(C)NC(=O)NC2C(=O)c2ccccc2)cc1. The quantitative estimate of drug-likeness (QED) is 0.593. The highest BCUT2D eigenvalue weighted by Gasteiger charge is 2.36. The summed E-state index contributed by atoms with van der Waals surface area (Å²) >= 11 is 0. The summed E-state index contributed by atoms with van der Waals surface area (Å²) in [5.74, 6) is -0.359. The Balaban J connectivity index is 1.79. The Bertz CT molecular complexity index is 920. The van der Waals surface area contributed by atoms with Crippen molar-refractivity contribution >= 4 is 17.8 Å². The minimum absolute atomic E-state index is 0.0276. The van der Waals surface area contributed by atoms with Crippen LogP contribution in [0.1, 0.15) is 22.8 Å². The largest absolute Gasteiger partial charge is 0.497 e. The molecule has 3 rings (SSSR count). The topological polar surface area (TPSA) is 93.7 Å². The van der Waals surface area contributed by atoms with E-state index in [0.29, 0.717) is 11.3 Å². The zero-order chi connectivity index (χ0) is 20.1. The molecular formula is C21H20N2O5. The van der Waals surface area contributed by atoms with E-state index < -0.39 is 18.0 Å². The van der Waals surface area contributed by atoms with E-state index in [2.05, 4.69) is 10.6 Å². The van der Waals surface area contributed by atoms with Crippen molar-refractivity contribution in [2.75, 3.05) is 7.11 Å². The molecule has 144 valence electrons. The maximum atomic E-state index is 12.9. The molecule has 0 saturated heterocycles. The van der Waals surface area contributed by atoms with Crippen LogP contribution in [0.3, 0.4) is 0 Å². The predicted molar refractivity (Wildman–Crippen MR) is 102 cm³/mol. The highest BCUT2D eigenvalue weighted by atomic mass is 16.5. The Morgan fingerprint density at radius 3 is 2.36 bits per heavy atom. The van der Waals surface area contributed by atoms with Crippen LogP contribution < -0.4 is 15.4 Å². The first-order valence-corrected chi connectivity index (χ1v) is 8.67. The number of nitrogens with one attached hydrogen (secondary N) is 2. The molecule has 7 nitrogen and oxygen atoms in total. The Kier molecular flexibility index (Phi) is 5.74. The van der Waals surface area contributed by atoms with Gasteiger partial charge in [-0.05, 0) is 24.6 Å². The zero-order valence-electron chi connectivity index (χ0n) is 15.5. The molecule has 0 radical (unpaired) electrons. The van der Waals surface area contributed by atoms with Gasteiger partial charge in [0, 0.05) is 11.3 Å². The smallest absolute Gasteiger partial charge is 0.338 e. The third-order valence-electron chi connectivity index (χ3n) is 4.34. The van der Waals surface area contributed by atoms with E-state index in [4.69, 9.17) is 9.47 Å². The fraction of sp³-hybridized carbons (Fsp3) is 0.190. The number of urea groups is 1. The molecule has 0 fully saturated rings. The maximum Gasteiger partial charge on any atom is 0.338 e. The van der Waals surface area contributed by atoms with Crippen LogP contribution in [0.15, 0.2) is 65.9 Å². The molecule has 0 bridgehead atoms. The Morgan fingerprint density at radius 1 is 1.04 bits per heavy atom. The number of amides is 2. The highest BCUT2D eigenvalue weighted by molar-refractivity contribution is 6.10. The van der Waals surface area contributed by atoms with E-state index >= 15 is 0 Å². The highest BCUT2D eigenvalue weighted by Crippen LogP contribution is 2.19. The van der Waals surface area contributed by atoms with Gasteiger partial charge in [-0.25, -0.2) is 9.59 Å². The molecule has 2 aromatic rings. The van der Waals surface area contributed by atoms with Gasteiger partial charge in [0.25, 0.3) is 0 Å². The van der Waals surface area contributed by atoms with Gasteiger partial charge < -0.3 is 20.1 Å². The lowest BCUT2D eigenvalue weighted by molar-refractivity contribution is -0.140. The van der Waals surface area contributed by atoms with E-state index in [1.807, 2.05) is 0 Å². The summed E-state index contributed by atoms with van der Waals surface area (Å²) in [7, 11) is 1.57. The molecule has 0 saturated carbocycles. The molecule has 1 unspecified atom stereocenters. The second kappa shape index (κ2) is 8.39. The molecule has 2 aromatic carbocycles. The summed E-state index contributed by atoms with van der Waals surface area (Å²) in [5, 5.41) is 5.03. The number of carbonyl (C=O) groups is 3. The Morgan fingerprint density at radius 2 is 1.71 bits per heavy atom. The molecular weight excluding hydrogens is 360 g/mol. The van der Waals surface area contributed by atoms with Crippen molar-refractivity contribution in [2.45, 2.75) is 19.6 Å². The summed E-state index contributed by atoms with van der Waals surface area (Å²) < 4.78 is 10.5. The van der Waals surface area contributed by atoms with Crippen molar-refractivity contribution in [3.8, 4) is 5.75 Å². The second-order valence-corrected chi connectivity index (χ2v) is 6.22. The third kappa shape index (κ3) is 4.20. The van der Waals surface area contributed by atoms with Crippen LogP contribution in [0.2, 0.25) is 0 Å². The standard InChI is InChI=1S/C21H20N2O5/c1-13-17(20(25)28-12-14-8-10-16(27-2)11-9-14)18(23-21(26)22-13)19(24)15-6-4-3-5-7-15/h3-11,18H,12H2,1-2H3,(H2,22,23,26).